The van der Waals surface area contributed by atoms with E-state index in [-0.39, 0.29) is 6.61 Å². The maximum atomic E-state index is 11.9. The molecule has 0 atom stereocenters. The van der Waals surface area contributed by atoms with Gasteiger partial charge in [-0.3, -0.25) is 4.99 Å². The lowest BCUT2D eigenvalue weighted by Crippen LogP contribution is -2.28. The van der Waals surface area contributed by atoms with E-state index in [1.54, 1.807) is 33.2 Å². The zero-order valence-corrected chi connectivity index (χ0v) is 15.4. The Balaban J connectivity index is 2.81. The number of ether oxygens (including phenoxy) is 1. The normalized spacial score (nSPS) is 13.2. The number of carbonyl (C=O) groups is 1. The smallest absolute Gasteiger partial charge is 0.331 e. The van der Waals surface area contributed by atoms with Crippen molar-refractivity contribution in [2.45, 2.75) is 32.8 Å². The summed E-state index contributed by atoms with van der Waals surface area (Å²) in [6, 6.07) is 7.88. The van der Waals surface area contributed by atoms with Crippen LogP contribution >= 0.6 is 0 Å². The number of nitrogens with zero attached hydrogens (tertiary/aromatic N) is 1. The van der Waals surface area contributed by atoms with Crippen LogP contribution in [0.1, 0.15) is 38.3 Å². The predicted octanol–water partition coefficient (Wildman–Crippen LogP) is 4.06. The zero-order valence-electron chi connectivity index (χ0n) is 15.4. The Morgan fingerprint density at radius 2 is 1.92 bits per heavy atom. The highest BCUT2D eigenvalue weighted by Crippen LogP contribution is 2.18. The van der Waals surface area contributed by atoms with Gasteiger partial charge in [-0.2, -0.15) is 0 Å². The van der Waals surface area contributed by atoms with Crippen molar-refractivity contribution in [3.05, 3.63) is 59.7 Å². The largest absolute Gasteiger partial charge is 0.456 e. The van der Waals surface area contributed by atoms with Crippen LogP contribution in [0.15, 0.2) is 53.6 Å². The maximum Gasteiger partial charge on any atom is 0.331 e. The van der Waals surface area contributed by atoms with Crippen LogP contribution in [0.3, 0.4) is 0 Å². The minimum Gasteiger partial charge on any atom is -0.456 e. The number of hydrogen-bond donors (Lipinski definition) is 1. The third-order valence-corrected chi connectivity index (χ3v) is 3.50. The number of aliphatic imine (C=N–C) groups is 1. The first kappa shape index (κ1) is 20.6. The van der Waals surface area contributed by atoms with Crippen molar-refractivity contribution in [1.82, 2.24) is 0 Å². The molecule has 4 nitrogen and oxygen atoms in total. The summed E-state index contributed by atoms with van der Waals surface area (Å²) in [6.45, 7) is 5.51. The molecule has 0 aliphatic heterocycles. The molecule has 0 unspecified atom stereocenters. The molecule has 25 heavy (non-hydrogen) atoms. The summed E-state index contributed by atoms with van der Waals surface area (Å²) < 4.78 is 5.32. The Kier molecular flexibility index (Phi) is 8.57. The summed E-state index contributed by atoms with van der Waals surface area (Å²) in [7, 11) is 1.73. The first-order valence-corrected chi connectivity index (χ1v) is 8.29. The molecule has 1 aromatic rings. The molecule has 0 bridgehead atoms. The summed E-state index contributed by atoms with van der Waals surface area (Å²) in [5, 5.41) is 8.96. The van der Waals surface area contributed by atoms with Gasteiger partial charge in [-0.25, -0.2) is 4.79 Å². The third-order valence-electron chi connectivity index (χ3n) is 3.50. The molecule has 0 amide bonds. The van der Waals surface area contributed by atoms with E-state index in [9.17, 15) is 4.79 Å². The highest BCUT2D eigenvalue weighted by molar-refractivity contribution is 5.89. The Morgan fingerprint density at radius 1 is 1.24 bits per heavy atom. The second-order valence-corrected chi connectivity index (χ2v) is 6.14. The van der Waals surface area contributed by atoms with Crippen molar-refractivity contribution in [1.29, 1.82) is 0 Å². The third kappa shape index (κ3) is 7.77. The lowest BCUT2D eigenvalue weighted by Gasteiger charge is -2.23. The Bertz CT molecular complexity index is 665. The molecule has 0 aliphatic carbocycles. The molecule has 0 saturated carbocycles. The van der Waals surface area contributed by atoms with Crippen LogP contribution < -0.4 is 0 Å². The number of hydrogen-bond acceptors (Lipinski definition) is 4. The molecule has 0 saturated heterocycles. The molecule has 0 radical (unpaired) electrons. The van der Waals surface area contributed by atoms with Crippen LogP contribution in [-0.4, -0.2) is 36.5 Å². The van der Waals surface area contributed by atoms with Gasteiger partial charge in [0.15, 0.2) is 0 Å². The fraction of sp³-hybridized carbons (Fsp3) is 0.333. The molecule has 4 heteroatoms. The molecule has 0 heterocycles. The van der Waals surface area contributed by atoms with Gasteiger partial charge in [-0.15, -0.1) is 0 Å². The average Bonchev–Trinajstić information content (AvgIpc) is 2.57. The van der Waals surface area contributed by atoms with Crippen LogP contribution in [0.2, 0.25) is 0 Å². The first-order chi connectivity index (χ1) is 11.9. The van der Waals surface area contributed by atoms with E-state index in [1.807, 2.05) is 49.4 Å². The highest BCUT2D eigenvalue weighted by atomic mass is 16.6. The quantitative estimate of drug-likeness (QED) is 0.336. The topological polar surface area (TPSA) is 58.9 Å². The van der Waals surface area contributed by atoms with E-state index >= 15 is 0 Å². The second-order valence-electron chi connectivity index (χ2n) is 6.14. The summed E-state index contributed by atoms with van der Waals surface area (Å²) >= 11 is 0. The van der Waals surface area contributed by atoms with Crippen molar-refractivity contribution in [3.8, 4) is 0 Å². The van der Waals surface area contributed by atoms with Crippen LogP contribution in [0.4, 0.5) is 0 Å². The van der Waals surface area contributed by atoms with Crippen LogP contribution in [0.25, 0.3) is 11.6 Å². The number of rotatable bonds is 8. The number of allylic oxidation sites excluding steroid dienone is 4. The van der Waals surface area contributed by atoms with Gasteiger partial charge in [-0.05, 0) is 49.6 Å². The van der Waals surface area contributed by atoms with Crippen molar-refractivity contribution in [2.24, 2.45) is 4.99 Å². The molecule has 134 valence electrons. The van der Waals surface area contributed by atoms with Gasteiger partial charge >= 0.3 is 5.97 Å². The van der Waals surface area contributed by atoms with Gasteiger partial charge in [0.25, 0.3) is 0 Å². The van der Waals surface area contributed by atoms with E-state index in [1.165, 1.54) is 6.08 Å². The van der Waals surface area contributed by atoms with Gasteiger partial charge in [0, 0.05) is 32.4 Å². The number of carbonyl (C=O) groups excluding carboxylic acids is 1. The molecular formula is C21H27NO3. The van der Waals surface area contributed by atoms with Crippen molar-refractivity contribution < 1.29 is 14.6 Å². The fourth-order valence-electron chi connectivity index (χ4n) is 2.16. The molecule has 1 N–H and O–H groups in total. The van der Waals surface area contributed by atoms with Crippen LogP contribution in [0, 0.1) is 0 Å². The summed E-state index contributed by atoms with van der Waals surface area (Å²) in [5.74, 6) is -0.420. The van der Waals surface area contributed by atoms with Crippen molar-refractivity contribution in [3.63, 3.8) is 0 Å². The lowest BCUT2D eigenvalue weighted by atomic mass is 10.0. The Morgan fingerprint density at radius 3 is 2.48 bits per heavy atom. The van der Waals surface area contributed by atoms with E-state index < -0.39 is 11.6 Å². The van der Waals surface area contributed by atoms with Crippen molar-refractivity contribution >= 4 is 23.8 Å². The second kappa shape index (κ2) is 10.4. The van der Waals surface area contributed by atoms with Gasteiger partial charge in [0.1, 0.15) is 5.60 Å². The van der Waals surface area contributed by atoms with Gasteiger partial charge < -0.3 is 9.84 Å². The monoisotopic (exact) mass is 341 g/mol. The predicted molar refractivity (Wildman–Crippen MR) is 105 cm³/mol. The zero-order chi connectivity index (χ0) is 18.7. The summed E-state index contributed by atoms with van der Waals surface area (Å²) in [4.78, 5) is 15.8. The Hall–Kier alpha value is -2.46. The molecule has 0 fully saturated rings. The average molecular weight is 341 g/mol. The van der Waals surface area contributed by atoms with E-state index in [0.717, 1.165) is 16.7 Å². The first-order valence-electron chi connectivity index (χ1n) is 8.29. The molecule has 0 aliphatic rings. The van der Waals surface area contributed by atoms with Gasteiger partial charge in [0.05, 0.1) is 0 Å². The number of esters is 1. The Labute approximate surface area is 150 Å². The molecular weight excluding hydrogens is 314 g/mol. The lowest BCUT2D eigenvalue weighted by molar-refractivity contribution is -0.151. The highest BCUT2D eigenvalue weighted by Gasteiger charge is 2.20. The van der Waals surface area contributed by atoms with Gasteiger partial charge in [-0.1, -0.05) is 36.4 Å². The SMILES string of the molecule is C/C=C\C(=C/C=NC)c1ccc(/C=C/C(=O)OC(C)(C)CCO)cc1. The van der Waals surface area contributed by atoms with E-state index in [2.05, 4.69) is 4.99 Å². The minimum absolute atomic E-state index is 0.0176. The van der Waals surface area contributed by atoms with Crippen molar-refractivity contribution in [2.75, 3.05) is 13.7 Å². The molecule has 1 aromatic carbocycles. The standard InChI is InChI=1S/C21H27NO3/c1-5-6-18(13-15-22-4)19-10-7-17(8-11-19)9-12-20(24)25-21(2,3)14-16-23/h5-13,15,23H,14,16H2,1-4H3/b6-5-,12-9+,18-13+,22-15?. The summed E-state index contributed by atoms with van der Waals surface area (Å²) in [6.07, 6.45) is 11.2. The number of benzene rings is 1. The molecule has 0 spiro atoms. The van der Waals surface area contributed by atoms with Crippen LogP contribution in [-0.2, 0) is 9.53 Å². The fourth-order valence-corrected chi connectivity index (χ4v) is 2.16. The number of aliphatic hydroxyl groups excluding tert-OH is 1. The minimum atomic E-state index is -0.674. The van der Waals surface area contributed by atoms with E-state index in [4.69, 9.17) is 9.84 Å². The molecule has 0 aromatic heterocycles. The maximum absolute atomic E-state index is 11.9. The summed E-state index contributed by atoms with van der Waals surface area (Å²) in [5.41, 5.74) is 2.37. The van der Waals surface area contributed by atoms with E-state index in [0.29, 0.717) is 6.42 Å². The van der Waals surface area contributed by atoms with Gasteiger partial charge in [0.2, 0.25) is 0 Å². The molecule has 1 rings (SSSR count). The number of aliphatic hydroxyl groups is 1. The van der Waals surface area contributed by atoms with Crippen LogP contribution in [0.5, 0.6) is 0 Å².